The lowest BCUT2D eigenvalue weighted by Crippen LogP contribution is -2.07. The molecule has 1 aromatic carbocycles. The van der Waals surface area contributed by atoms with Crippen LogP contribution in [0.2, 0.25) is 0 Å². The van der Waals surface area contributed by atoms with Crippen molar-refractivity contribution >= 4 is 16.5 Å². The molecule has 0 bridgehead atoms. The Morgan fingerprint density at radius 2 is 1.89 bits per heavy atom. The van der Waals surface area contributed by atoms with E-state index in [9.17, 15) is 0 Å². The Labute approximate surface area is 111 Å². The van der Waals surface area contributed by atoms with Crippen LogP contribution in [0.15, 0.2) is 30.5 Å². The van der Waals surface area contributed by atoms with Gasteiger partial charge in [0.1, 0.15) is 10.8 Å². The van der Waals surface area contributed by atoms with Gasteiger partial charge in [0.15, 0.2) is 0 Å². The minimum absolute atomic E-state index is 0.203. The largest absolute Gasteiger partial charge is 0.491 e. The first-order chi connectivity index (χ1) is 8.65. The number of nitrogens with zero attached hydrogens (tertiary/aromatic N) is 2. The number of benzene rings is 1. The van der Waals surface area contributed by atoms with Gasteiger partial charge in [0.25, 0.3) is 0 Å². The molecular formula is C13H17N3OS. The van der Waals surface area contributed by atoms with Gasteiger partial charge in [-0.1, -0.05) is 16.6 Å². The van der Waals surface area contributed by atoms with E-state index in [2.05, 4.69) is 34.0 Å². The van der Waals surface area contributed by atoms with Crippen LogP contribution in [-0.2, 0) is 0 Å². The van der Waals surface area contributed by atoms with Crippen molar-refractivity contribution in [2.45, 2.75) is 32.9 Å². The molecule has 1 heterocycles. The van der Waals surface area contributed by atoms with Crippen molar-refractivity contribution in [3.8, 4) is 5.75 Å². The van der Waals surface area contributed by atoms with Crippen molar-refractivity contribution in [2.75, 3.05) is 5.32 Å². The van der Waals surface area contributed by atoms with Gasteiger partial charge in [-0.2, -0.15) is 0 Å². The second kappa shape index (κ2) is 5.82. The number of aromatic nitrogens is 2. The van der Waals surface area contributed by atoms with E-state index in [0.29, 0.717) is 0 Å². The normalized spacial score (nSPS) is 12.4. The third-order valence-electron chi connectivity index (χ3n) is 2.47. The van der Waals surface area contributed by atoms with Crippen molar-refractivity contribution in [2.24, 2.45) is 0 Å². The molecule has 4 nitrogen and oxygen atoms in total. The minimum Gasteiger partial charge on any atom is -0.491 e. The Morgan fingerprint density at radius 3 is 2.44 bits per heavy atom. The fourth-order valence-electron chi connectivity index (χ4n) is 1.63. The standard InChI is InChI=1S/C13H17N3OS/c1-9(2)17-12-6-4-11(5-7-12)10(3)15-13-8-14-16-18-13/h4-10,15H,1-3H3. The van der Waals surface area contributed by atoms with Crippen molar-refractivity contribution in [3.05, 3.63) is 36.0 Å². The quantitative estimate of drug-likeness (QED) is 0.897. The average Bonchev–Trinajstić information content (AvgIpc) is 2.82. The highest BCUT2D eigenvalue weighted by atomic mass is 32.1. The maximum atomic E-state index is 5.62. The van der Waals surface area contributed by atoms with Gasteiger partial charge in [-0.25, -0.2) is 0 Å². The summed E-state index contributed by atoms with van der Waals surface area (Å²) in [4.78, 5) is 0. The van der Waals surface area contributed by atoms with Gasteiger partial charge >= 0.3 is 0 Å². The van der Waals surface area contributed by atoms with Crippen LogP contribution in [0, 0.1) is 0 Å². The van der Waals surface area contributed by atoms with E-state index in [1.165, 1.54) is 17.1 Å². The Balaban J connectivity index is 2.00. The van der Waals surface area contributed by atoms with Gasteiger partial charge in [-0.3, -0.25) is 0 Å². The SMILES string of the molecule is CC(C)Oc1ccc(C(C)Nc2cnns2)cc1. The van der Waals surface area contributed by atoms with Gasteiger partial charge in [0, 0.05) is 17.6 Å². The molecule has 0 saturated heterocycles. The molecule has 18 heavy (non-hydrogen) atoms. The number of anilines is 1. The molecule has 96 valence electrons. The molecule has 0 radical (unpaired) electrons. The fourth-order valence-corrected chi connectivity index (χ4v) is 2.14. The second-order valence-corrected chi connectivity index (χ2v) is 5.17. The number of ether oxygens (including phenoxy) is 1. The van der Waals surface area contributed by atoms with Crippen LogP contribution in [-0.4, -0.2) is 15.7 Å². The monoisotopic (exact) mass is 263 g/mol. The highest BCUT2D eigenvalue weighted by Gasteiger charge is 2.07. The zero-order valence-corrected chi connectivity index (χ0v) is 11.6. The summed E-state index contributed by atoms with van der Waals surface area (Å²) < 4.78 is 9.44. The Hall–Kier alpha value is -1.62. The minimum atomic E-state index is 0.203. The second-order valence-electron chi connectivity index (χ2n) is 4.38. The molecule has 0 spiro atoms. The van der Waals surface area contributed by atoms with E-state index >= 15 is 0 Å². The summed E-state index contributed by atoms with van der Waals surface area (Å²) in [5, 5.41) is 8.13. The topological polar surface area (TPSA) is 47.0 Å². The summed E-state index contributed by atoms with van der Waals surface area (Å²) in [5.41, 5.74) is 1.21. The van der Waals surface area contributed by atoms with Crippen molar-refractivity contribution in [1.29, 1.82) is 0 Å². The van der Waals surface area contributed by atoms with Crippen molar-refractivity contribution in [3.63, 3.8) is 0 Å². The maximum absolute atomic E-state index is 5.62. The highest BCUT2D eigenvalue weighted by Crippen LogP contribution is 2.23. The van der Waals surface area contributed by atoms with E-state index in [4.69, 9.17) is 4.74 Å². The van der Waals surface area contributed by atoms with E-state index in [1.54, 1.807) is 6.20 Å². The van der Waals surface area contributed by atoms with E-state index < -0.39 is 0 Å². The van der Waals surface area contributed by atoms with Crippen LogP contribution in [0.5, 0.6) is 5.75 Å². The molecule has 0 saturated carbocycles. The highest BCUT2D eigenvalue weighted by molar-refractivity contribution is 7.09. The molecule has 5 heteroatoms. The summed E-state index contributed by atoms with van der Waals surface area (Å²) in [5.74, 6) is 0.903. The Kier molecular flexibility index (Phi) is 4.15. The summed E-state index contributed by atoms with van der Waals surface area (Å²) in [7, 11) is 0. The lowest BCUT2D eigenvalue weighted by molar-refractivity contribution is 0.242. The van der Waals surface area contributed by atoms with Gasteiger partial charge in [-0.15, -0.1) is 5.10 Å². The molecule has 0 aliphatic rings. The van der Waals surface area contributed by atoms with Gasteiger partial charge < -0.3 is 10.1 Å². The summed E-state index contributed by atoms with van der Waals surface area (Å²) in [6, 6.07) is 8.37. The first kappa shape index (κ1) is 12.8. The molecule has 0 aliphatic heterocycles. The molecule has 2 rings (SSSR count). The van der Waals surface area contributed by atoms with Crippen molar-refractivity contribution in [1.82, 2.24) is 9.59 Å². The third kappa shape index (κ3) is 3.43. The zero-order chi connectivity index (χ0) is 13.0. The van der Waals surface area contributed by atoms with Crippen molar-refractivity contribution < 1.29 is 4.74 Å². The molecule has 0 fully saturated rings. The van der Waals surface area contributed by atoms with Gasteiger partial charge in [-0.05, 0) is 38.5 Å². The van der Waals surface area contributed by atoms with Crippen LogP contribution in [0.1, 0.15) is 32.4 Å². The third-order valence-corrected chi connectivity index (χ3v) is 3.07. The number of hydrogen-bond acceptors (Lipinski definition) is 5. The number of nitrogens with one attached hydrogen (secondary N) is 1. The first-order valence-electron chi connectivity index (χ1n) is 5.95. The molecule has 1 unspecified atom stereocenters. The zero-order valence-electron chi connectivity index (χ0n) is 10.8. The van der Waals surface area contributed by atoms with Crippen LogP contribution >= 0.6 is 11.5 Å². The summed E-state index contributed by atoms with van der Waals surface area (Å²) in [6.45, 7) is 6.15. The summed E-state index contributed by atoms with van der Waals surface area (Å²) >= 11 is 1.36. The molecule has 1 N–H and O–H groups in total. The predicted molar refractivity (Wildman–Crippen MR) is 74.2 cm³/mol. The Bertz CT molecular complexity index is 467. The fraction of sp³-hybridized carbons (Fsp3) is 0.385. The Morgan fingerprint density at radius 1 is 1.17 bits per heavy atom. The van der Waals surface area contributed by atoms with Crippen LogP contribution < -0.4 is 10.1 Å². The number of hydrogen-bond donors (Lipinski definition) is 1. The van der Waals surface area contributed by atoms with E-state index in [0.717, 1.165) is 10.8 Å². The number of rotatable bonds is 5. The molecular weight excluding hydrogens is 246 g/mol. The summed E-state index contributed by atoms with van der Waals surface area (Å²) in [6.07, 6.45) is 1.94. The average molecular weight is 263 g/mol. The van der Waals surface area contributed by atoms with Crippen LogP contribution in [0.3, 0.4) is 0 Å². The lowest BCUT2D eigenvalue weighted by Gasteiger charge is -2.15. The predicted octanol–water partition coefficient (Wildman–Crippen LogP) is 3.50. The maximum Gasteiger partial charge on any atom is 0.130 e. The molecule has 1 aromatic heterocycles. The van der Waals surface area contributed by atoms with Gasteiger partial charge in [0.05, 0.1) is 12.3 Å². The molecule has 2 aromatic rings. The van der Waals surface area contributed by atoms with Crippen LogP contribution in [0.4, 0.5) is 5.00 Å². The molecule has 0 amide bonds. The van der Waals surface area contributed by atoms with Crippen LogP contribution in [0.25, 0.3) is 0 Å². The molecule has 1 atom stereocenters. The smallest absolute Gasteiger partial charge is 0.130 e. The van der Waals surface area contributed by atoms with E-state index in [1.807, 2.05) is 26.0 Å². The molecule has 0 aliphatic carbocycles. The lowest BCUT2D eigenvalue weighted by atomic mass is 10.1. The van der Waals surface area contributed by atoms with E-state index in [-0.39, 0.29) is 12.1 Å². The first-order valence-corrected chi connectivity index (χ1v) is 6.73. The van der Waals surface area contributed by atoms with Gasteiger partial charge in [0.2, 0.25) is 0 Å².